The summed E-state index contributed by atoms with van der Waals surface area (Å²) in [4.78, 5) is 24.6. The molecule has 1 aromatic carbocycles. The van der Waals surface area contributed by atoms with E-state index >= 15 is 0 Å². The number of aliphatic carboxylic acids is 1. The number of hydrogen-bond donors (Lipinski definition) is 2. The zero-order valence-electron chi connectivity index (χ0n) is 14.9. The highest BCUT2D eigenvalue weighted by atomic mass is 16.5. The molecule has 0 aliphatic carbocycles. The number of nitrogens with one attached hydrogen (secondary N) is 1. The number of aromatic nitrogens is 3. The van der Waals surface area contributed by atoms with E-state index in [1.165, 1.54) is 0 Å². The van der Waals surface area contributed by atoms with Gasteiger partial charge >= 0.3 is 5.97 Å². The van der Waals surface area contributed by atoms with Crippen LogP contribution in [0.4, 0.5) is 5.95 Å². The van der Waals surface area contributed by atoms with E-state index in [-0.39, 0.29) is 6.42 Å². The molecule has 0 radical (unpaired) electrons. The number of benzene rings is 1. The normalized spacial score (nSPS) is 10.8. The number of nitrogens with zero attached hydrogens (tertiary/aromatic N) is 3. The fourth-order valence-electron chi connectivity index (χ4n) is 2.73. The predicted molar refractivity (Wildman–Crippen MR) is 99.8 cm³/mol. The molecular formula is C19H22N4O3. The Morgan fingerprint density at radius 2 is 2.08 bits per heavy atom. The zero-order chi connectivity index (χ0) is 18.5. The quantitative estimate of drug-likeness (QED) is 0.605. The topological polar surface area (TPSA) is 91.3 Å². The van der Waals surface area contributed by atoms with Crippen LogP contribution in [0.1, 0.15) is 17.5 Å². The highest BCUT2D eigenvalue weighted by molar-refractivity contribution is 5.87. The summed E-state index contributed by atoms with van der Waals surface area (Å²) in [5, 5.41) is 9.87. The maximum absolute atomic E-state index is 10.9. The minimum absolute atomic E-state index is 0.00913. The number of aryl methyl sites for hydroxylation is 1. The van der Waals surface area contributed by atoms with Crippen LogP contribution in [0.25, 0.3) is 10.9 Å². The van der Waals surface area contributed by atoms with Gasteiger partial charge in [0.2, 0.25) is 5.95 Å². The van der Waals surface area contributed by atoms with Crippen molar-refractivity contribution in [2.75, 3.05) is 25.1 Å². The second kappa shape index (κ2) is 7.86. The molecule has 136 valence electrons. The van der Waals surface area contributed by atoms with Crippen LogP contribution < -0.4 is 9.64 Å². The molecule has 0 saturated heterocycles. The lowest BCUT2D eigenvalue weighted by Crippen LogP contribution is -2.22. The van der Waals surface area contributed by atoms with Crippen molar-refractivity contribution in [1.82, 2.24) is 15.0 Å². The van der Waals surface area contributed by atoms with Crippen LogP contribution in [0.2, 0.25) is 0 Å². The number of rotatable bonds is 8. The molecule has 0 bridgehead atoms. The average Bonchev–Trinajstić information content (AvgIpc) is 3.01. The summed E-state index contributed by atoms with van der Waals surface area (Å²) in [5.41, 5.74) is 2.70. The highest BCUT2D eigenvalue weighted by Gasteiger charge is 2.09. The molecule has 0 aliphatic heterocycles. The molecule has 0 aliphatic rings. The first kappa shape index (κ1) is 17.7. The molecule has 0 amide bonds. The van der Waals surface area contributed by atoms with Crippen LogP contribution in [0.15, 0.2) is 36.8 Å². The van der Waals surface area contributed by atoms with E-state index in [0.29, 0.717) is 12.6 Å². The summed E-state index contributed by atoms with van der Waals surface area (Å²) in [7, 11) is 1.95. The molecule has 26 heavy (non-hydrogen) atoms. The monoisotopic (exact) mass is 354 g/mol. The largest absolute Gasteiger partial charge is 0.494 e. The Morgan fingerprint density at radius 3 is 2.81 bits per heavy atom. The van der Waals surface area contributed by atoms with Crippen LogP contribution in [0.5, 0.6) is 5.75 Å². The van der Waals surface area contributed by atoms with Crippen molar-refractivity contribution < 1.29 is 14.6 Å². The fourth-order valence-corrected chi connectivity index (χ4v) is 2.73. The van der Waals surface area contributed by atoms with Crippen LogP contribution in [0, 0.1) is 6.92 Å². The van der Waals surface area contributed by atoms with E-state index in [4.69, 9.17) is 9.84 Å². The third-order valence-corrected chi connectivity index (χ3v) is 4.10. The van der Waals surface area contributed by atoms with Crippen LogP contribution in [0.3, 0.4) is 0 Å². The van der Waals surface area contributed by atoms with Gasteiger partial charge in [-0.2, -0.15) is 0 Å². The number of H-pyrrole nitrogens is 1. The van der Waals surface area contributed by atoms with E-state index in [2.05, 4.69) is 15.0 Å². The average molecular weight is 354 g/mol. The first-order valence-corrected chi connectivity index (χ1v) is 8.47. The van der Waals surface area contributed by atoms with Gasteiger partial charge in [0.25, 0.3) is 0 Å². The highest BCUT2D eigenvalue weighted by Crippen LogP contribution is 2.24. The summed E-state index contributed by atoms with van der Waals surface area (Å²) < 4.78 is 5.82. The first-order valence-electron chi connectivity index (χ1n) is 8.47. The third kappa shape index (κ3) is 4.30. The van der Waals surface area contributed by atoms with Crippen molar-refractivity contribution >= 4 is 22.8 Å². The number of aromatic amines is 1. The SMILES string of the molecule is Cc1cnc(N(C)CCCOc2ccc3[nH]cc(CC(=O)O)c3c2)nc1. The number of carboxylic acids is 1. The number of anilines is 1. The number of ether oxygens (including phenoxy) is 1. The number of fused-ring (bicyclic) bond motifs is 1. The fraction of sp³-hybridized carbons (Fsp3) is 0.316. The van der Waals surface area contributed by atoms with E-state index in [0.717, 1.165) is 40.7 Å². The molecule has 7 nitrogen and oxygen atoms in total. The molecule has 0 atom stereocenters. The van der Waals surface area contributed by atoms with Crippen molar-refractivity contribution in [2.24, 2.45) is 0 Å². The van der Waals surface area contributed by atoms with Crippen LogP contribution in [-0.2, 0) is 11.2 Å². The molecule has 0 spiro atoms. The lowest BCUT2D eigenvalue weighted by atomic mass is 10.1. The summed E-state index contributed by atoms with van der Waals surface area (Å²) in [6, 6.07) is 5.68. The Labute approximate surface area is 151 Å². The number of hydrogen-bond acceptors (Lipinski definition) is 5. The molecule has 2 N–H and O–H groups in total. The van der Waals surface area contributed by atoms with E-state index in [1.807, 2.05) is 37.1 Å². The van der Waals surface area contributed by atoms with E-state index < -0.39 is 5.97 Å². The van der Waals surface area contributed by atoms with Gasteiger partial charge in [0.15, 0.2) is 0 Å². The minimum Gasteiger partial charge on any atom is -0.494 e. The molecule has 2 aromatic heterocycles. The molecule has 7 heteroatoms. The smallest absolute Gasteiger partial charge is 0.307 e. The van der Waals surface area contributed by atoms with Gasteiger partial charge in [-0.25, -0.2) is 9.97 Å². The molecule has 3 aromatic rings. The first-order chi connectivity index (χ1) is 12.5. The van der Waals surface area contributed by atoms with Gasteiger partial charge in [0.1, 0.15) is 5.75 Å². The van der Waals surface area contributed by atoms with Gasteiger partial charge in [-0.15, -0.1) is 0 Å². The van der Waals surface area contributed by atoms with Crippen LogP contribution >= 0.6 is 0 Å². The van der Waals surface area contributed by atoms with Crippen molar-refractivity contribution in [3.05, 3.63) is 47.9 Å². The molecule has 0 saturated carbocycles. The molecule has 3 rings (SSSR count). The van der Waals surface area contributed by atoms with Gasteiger partial charge in [0.05, 0.1) is 13.0 Å². The molecule has 0 fully saturated rings. The second-order valence-electron chi connectivity index (χ2n) is 6.28. The van der Waals surface area contributed by atoms with E-state index in [1.54, 1.807) is 18.6 Å². The summed E-state index contributed by atoms with van der Waals surface area (Å²) in [5.74, 6) is 0.583. The Balaban J connectivity index is 1.54. The summed E-state index contributed by atoms with van der Waals surface area (Å²) in [6.07, 6.45) is 6.15. The lowest BCUT2D eigenvalue weighted by molar-refractivity contribution is -0.136. The number of carboxylic acid groups (broad SMARTS) is 1. The molecule has 2 heterocycles. The van der Waals surface area contributed by atoms with Crippen molar-refractivity contribution in [1.29, 1.82) is 0 Å². The van der Waals surface area contributed by atoms with Gasteiger partial charge in [-0.3, -0.25) is 4.79 Å². The Kier molecular flexibility index (Phi) is 5.36. The standard InChI is InChI=1S/C19H22N4O3/c1-13-10-21-19(22-11-13)23(2)6-3-7-26-15-4-5-17-16(9-15)14(12-20-17)8-18(24)25/h4-5,9-12,20H,3,6-8H2,1-2H3,(H,24,25). The van der Waals surface area contributed by atoms with Gasteiger partial charge in [-0.1, -0.05) is 0 Å². The number of carbonyl (C=O) groups is 1. The van der Waals surface area contributed by atoms with Gasteiger partial charge in [-0.05, 0) is 42.7 Å². The van der Waals surface area contributed by atoms with Crippen molar-refractivity contribution in [3.63, 3.8) is 0 Å². The Morgan fingerprint density at radius 1 is 1.31 bits per heavy atom. The summed E-state index contributed by atoms with van der Waals surface area (Å²) >= 11 is 0. The Hall–Kier alpha value is -3.09. The predicted octanol–water partition coefficient (Wildman–Crippen LogP) is 2.80. The minimum atomic E-state index is -0.849. The Bertz CT molecular complexity index is 889. The second-order valence-corrected chi connectivity index (χ2v) is 6.28. The van der Waals surface area contributed by atoms with Crippen molar-refractivity contribution in [2.45, 2.75) is 19.8 Å². The van der Waals surface area contributed by atoms with Gasteiger partial charge < -0.3 is 19.7 Å². The lowest BCUT2D eigenvalue weighted by Gasteiger charge is -2.16. The van der Waals surface area contributed by atoms with Crippen molar-refractivity contribution in [3.8, 4) is 5.75 Å². The van der Waals surface area contributed by atoms with Crippen LogP contribution in [-0.4, -0.2) is 46.2 Å². The maximum atomic E-state index is 10.9. The molecule has 0 unspecified atom stereocenters. The third-order valence-electron chi connectivity index (χ3n) is 4.10. The maximum Gasteiger partial charge on any atom is 0.307 e. The summed E-state index contributed by atoms with van der Waals surface area (Å²) in [6.45, 7) is 3.29. The molecular weight excluding hydrogens is 332 g/mol. The zero-order valence-corrected chi connectivity index (χ0v) is 14.9. The van der Waals surface area contributed by atoms with Gasteiger partial charge in [0, 0.05) is 43.1 Å². The van der Waals surface area contributed by atoms with E-state index in [9.17, 15) is 4.79 Å².